The molecule has 9 heteroatoms. The van der Waals surface area contributed by atoms with E-state index in [1.807, 2.05) is 36.4 Å². The molecule has 1 unspecified atom stereocenters. The molecule has 2 heterocycles. The van der Waals surface area contributed by atoms with Gasteiger partial charge in [0, 0.05) is 11.6 Å². The summed E-state index contributed by atoms with van der Waals surface area (Å²) in [5.41, 5.74) is 9.83. The van der Waals surface area contributed by atoms with Crippen molar-refractivity contribution in [3.05, 3.63) is 107 Å². The van der Waals surface area contributed by atoms with Crippen LogP contribution in [0.1, 0.15) is 22.6 Å². The number of nitrogens with zero attached hydrogens (tertiary/aromatic N) is 2. The molecule has 3 N–H and O–H groups in total. The Bertz CT molecular complexity index is 1510. The van der Waals surface area contributed by atoms with Crippen LogP contribution in [0.2, 0.25) is 0 Å². The molecule has 3 aromatic carbocycles. The van der Waals surface area contributed by atoms with Crippen molar-refractivity contribution in [3.63, 3.8) is 0 Å². The second kappa shape index (κ2) is 9.43. The minimum atomic E-state index is -0.812. The van der Waals surface area contributed by atoms with Crippen molar-refractivity contribution >= 4 is 0 Å². The number of ether oxygens (including phenoxy) is 3. The standard InChI is InChI=1S/C27H20F2N4O3/c1-34-21-9-7-16(11-17(21)14-35-22-10-8-18(28)12-20(22)29)23-19(13-30)26(31)36-27-24(23)25(32-33-27)15-5-3-2-4-6-15/h2-12,23H,14,31H2,1H3,(H,32,33). The fourth-order valence-electron chi connectivity index (χ4n) is 4.24. The highest BCUT2D eigenvalue weighted by Crippen LogP contribution is 2.46. The number of aromatic nitrogens is 2. The zero-order chi connectivity index (χ0) is 25.2. The summed E-state index contributed by atoms with van der Waals surface area (Å²) < 4.78 is 44.1. The Morgan fingerprint density at radius 1 is 1.08 bits per heavy atom. The van der Waals surface area contributed by atoms with Crippen LogP contribution in [0.5, 0.6) is 17.4 Å². The Kier molecular flexibility index (Phi) is 6.00. The van der Waals surface area contributed by atoms with E-state index in [9.17, 15) is 14.0 Å². The number of hydrogen-bond donors (Lipinski definition) is 2. The molecule has 0 fully saturated rings. The number of aromatic amines is 1. The summed E-state index contributed by atoms with van der Waals surface area (Å²) in [7, 11) is 1.51. The van der Waals surface area contributed by atoms with Gasteiger partial charge >= 0.3 is 0 Å². The van der Waals surface area contributed by atoms with E-state index < -0.39 is 17.6 Å². The maximum Gasteiger partial charge on any atom is 0.244 e. The van der Waals surface area contributed by atoms with E-state index in [4.69, 9.17) is 19.9 Å². The summed E-state index contributed by atoms with van der Waals surface area (Å²) in [6, 6.07) is 20.1. The highest BCUT2D eigenvalue weighted by Gasteiger charge is 2.36. The van der Waals surface area contributed by atoms with Gasteiger partial charge in [-0.15, -0.1) is 5.10 Å². The van der Waals surface area contributed by atoms with Gasteiger partial charge in [0.15, 0.2) is 11.6 Å². The van der Waals surface area contributed by atoms with Crippen molar-refractivity contribution in [1.29, 1.82) is 5.26 Å². The third-order valence-electron chi connectivity index (χ3n) is 5.92. The minimum absolute atomic E-state index is 0.0388. The molecule has 180 valence electrons. The number of rotatable bonds is 6. The first kappa shape index (κ1) is 22.9. The SMILES string of the molecule is COc1ccc(C2C(C#N)=C(N)Oc3n[nH]c(-c4ccccc4)c32)cc1COc1ccc(F)cc1F. The molecule has 36 heavy (non-hydrogen) atoms. The summed E-state index contributed by atoms with van der Waals surface area (Å²) in [6.07, 6.45) is 0. The predicted molar refractivity (Wildman–Crippen MR) is 127 cm³/mol. The fourth-order valence-corrected chi connectivity index (χ4v) is 4.24. The number of H-pyrrole nitrogens is 1. The van der Waals surface area contributed by atoms with E-state index in [1.54, 1.807) is 12.1 Å². The van der Waals surface area contributed by atoms with Gasteiger partial charge in [-0.2, -0.15) is 5.26 Å². The largest absolute Gasteiger partial charge is 0.496 e. The van der Waals surface area contributed by atoms with Crippen molar-refractivity contribution in [1.82, 2.24) is 10.2 Å². The molecule has 0 bridgehead atoms. The Morgan fingerprint density at radius 2 is 1.86 bits per heavy atom. The number of methoxy groups -OCH3 is 1. The molecule has 0 spiro atoms. The number of benzene rings is 3. The van der Waals surface area contributed by atoms with Crippen LogP contribution in [0.4, 0.5) is 8.78 Å². The fraction of sp³-hybridized carbons (Fsp3) is 0.111. The maximum atomic E-state index is 14.1. The minimum Gasteiger partial charge on any atom is -0.496 e. The van der Waals surface area contributed by atoms with E-state index >= 15 is 0 Å². The van der Waals surface area contributed by atoms with Gasteiger partial charge in [-0.25, -0.2) is 8.78 Å². The van der Waals surface area contributed by atoms with E-state index in [0.717, 1.165) is 17.7 Å². The smallest absolute Gasteiger partial charge is 0.244 e. The topological polar surface area (TPSA) is 106 Å². The second-order valence-electron chi connectivity index (χ2n) is 8.04. The molecule has 4 aromatic rings. The van der Waals surface area contributed by atoms with E-state index in [0.29, 0.717) is 28.1 Å². The van der Waals surface area contributed by atoms with Crippen molar-refractivity contribution < 1.29 is 23.0 Å². The van der Waals surface area contributed by atoms with Crippen LogP contribution >= 0.6 is 0 Å². The average Bonchev–Trinajstić information content (AvgIpc) is 3.31. The highest BCUT2D eigenvalue weighted by atomic mass is 19.1. The second-order valence-corrected chi connectivity index (χ2v) is 8.04. The molecule has 0 amide bonds. The predicted octanol–water partition coefficient (Wildman–Crippen LogP) is 5.16. The van der Waals surface area contributed by atoms with Gasteiger partial charge in [0.25, 0.3) is 0 Å². The first-order valence-electron chi connectivity index (χ1n) is 11.0. The van der Waals surface area contributed by atoms with Crippen molar-refractivity contribution in [2.45, 2.75) is 12.5 Å². The van der Waals surface area contributed by atoms with Gasteiger partial charge in [-0.1, -0.05) is 36.4 Å². The molecular formula is C27H20F2N4O3. The lowest BCUT2D eigenvalue weighted by Crippen LogP contribution is -2.21. The summed E-state index contributed by atoms with van der Waals surface area (Å²) in [4.78, 5) is 0. The lowest BCUT2D eigenvalue weighted by molar-refractivity contribution is 0.281. The first-order chi connectivity index (χ1) is 17.5. The summed E-state index contributed by atoms with van der Waals surface area (Å²) in [5.74, 6) is -1.47. The van der Waals surface area contributed by atoms with Gasteiger partial charge in [-0.3, -0.25) is 5.10 Å². The highest BCUT2D eigenvalue weighted by molar-refractivity contribution is 5.71. The van der Waals surface area contributed by atoms with Crippen LogP contribution in [0.25, 0.3) is 11.3 Å². The quantitative estimate of drug-likeness (QED) is 0.390. The molecule has 1 aliphatic rings. The molecule has 0 saturated heterocycles. The monoisotopic (exact) mass is 486 g/mol. The van der Waals surface area contributed by atoms with Crippen molar-refractivity contribution in [2.75, 3.05) is 7.11 Å². The molecule has 0 saturated carbocycles. The average molecular weight is 486 g/mol. The van der Waals surface area contributed by atoms with Crippen LogP contribution in [0, 0.1) is 23.0 Å². The molecule has 1 aromatic heterocycles. The van der Waals surface area contributed by atoms with Crippen LogP contribution < -0.4 is 19.9 Å². The summed E-state index contributed by atoms with van der Waals surface area (Å²) >= 11 is 0. The number of nitrogens with two attached hydrogens (primary N) is 1. The zero-order valence-corrected chi connectivity index (χ0v) is 19.1. The van der Waals surface area contributed by atoms with Gasteiger partial charge in [-0.05, 0) is 35.4 Å². The third kappa shape index (κ3) is 4.09. The maximum absolute atomic E-state index is 14.1. The lowest BCUT2D eigenvalue weighted by atomic mass is 9.82. The normalized spacial score (nSPS) is 14.6. The Labute approximate surface area is 205 Å². The first-order valence-corrected chi connectivity index (χ1v) is 11.0. The van der Waals surface area contributed by atoms with Gasteiger partial charge < -0.3 is 19.9 Å². The number of nitriles is 1. The Hall–Kier alpha value is -4.84. The molecular weight excluding hydrogens is 466 g/mol. The lowest BCUT2D eigenvalue weighted by Gasteiger charge is -2.25. The molecule has 0 aliphatic carbocycles. The van der Waals surface area contributed by atoms with Gasteiger partial charge in [0.05, 0.1) is 24.3 Å². The molecule has 0 radical (unpaired) electrons. The Morgan fingerprint density at radius 3 is 2.58 bits per heavy atom. The molecule has 5 rings (SSSR count). The third-order valence-corrected chi connectivity index (χ3v) is 5.92. The molecule has 1 atom stereocenters. The van der Waals surface area contributed by atoms with Gasteiger partial charge in [0.2, 0.25) is 11.8 Å². The molecule has 1 aliphatic heterocycles. The number of halogens is 2. The van der Waals surface area contributed by atoms with Gasteiger partial charge in [0.1, 0.15) is 29.8 Å². The van der Waals surface area contributed by atoms with E-state index in [1.165, 1.54) is 13.2 Å². The molecule has 7 nitrogen and oxygen atoms in total. The van der Waals surface area contributed by atoms with Crippen LogP contribution in [-0.2, 0) is 6.61 Å². The van der Waals surface area contributed by atoms with Crippen molar-refractivity contribution in [3.8, 4) is 34.7 Å². The number of allylic oxidation sites excluding steroid dienone is 1. The zero-order valence-electron chi connectivity index (χ0n) is 19.1. The number of hydrogen-bond acceptors (Lipinski definition) is 6. The van der Waals surface area contributed by atoms with Crippen LogP contribution in [0.3, 0.4) is 0 Å². The van der Waals surface area contributed by atoms with Crippen LogP contribution in [-0.4, -0.2) is 17.3 Å². The van der Waals surface area contributed by atoms with Crippen LogP contribution in [0.15, 0.2) is 78.2 Å². The Balaban J connectivity index is 1.58. The van der Waals surface area contributed by atoms with E-state index in [2.05, 4.69) is 16.3 Å². The number of fused-ring (bicyclic) bond motifs is 1. The summed E-state index contributed by atoms with van der Waals surface area (Å²) in [6.45, 7) is -0.0618. The summed E-state index contributed by atoms with van der Waals surface area (Å²) in [5, 5.41) is 17.3. The van der Waals surface area contributed by atoms with Crippen molar-refractivity contribution in [2.24, 2.45) is 5.73 Å². The van der Waals surface area contributed by atoms with E-state index in [-0.39, 0.29) is 29.7 Å². The number of nitrogens with one attached hydrogen (secondary N) is 1.